The average Bonchev–Trinajstić information content (AvgIpc) is 3.39. The molecule has 0 spiro atoms. The van der Waals surface area contributed by atoms with Gasteiger partial charge in [-0.05, 0) is 57.9 Å². The van der Waals surface area contributed by atoms with Gasteiger partial charge in [-0.25, -0.2) is 9.78 Å². The van der Waals surface area contributed by atoms with Crippen LogP contribution < -0.4 is 14.8 Å². The number of benzene rings is 1. The van der Waals surface area contributed by atoms with Crippen LogP contribution in [0.4, 0.5) is 5.13 Å². The minimum Gasteiger partial charge on any atom is -0.496 e. The van der Waals surface area contributed by atoms with E-state index >= 15 is 0 Å². The maximum Gasteiger partial charge on any atom is 0.342 e. The van der Waals surface area contributed by atoms with Crippen molar-refractivity contribution in [1.29, 1.82) is 0 Å². The number of thiazole rings is 1. The number of methoxy groups -OCH3 is 2. The summed E-state index contributed by atoms with van der Waals surface area (Å²) in [6.07, 6.45) is 8.06. The van der Waals surface area contributed by atoms with E-state index in [2.05, 4.69) is 16.4 Å². The number of hydrogen-bond donors (Lipinski definition) is 1. The minimum absolute atomic E-state index is 0.0277. The first-order valence-electron chi connectivity index (χ1n) is 11.3. The Morgan fingerprint density at radius 3 is 2.67 bits per heavy atom. The molecule has 0 atom stereocenters. The van der Waals surface area contributed by atoms with Crippen LogP contribution in [0.1, 0.15) is 70.2 Å². The highest BCUT2D eigenvalue weighted by Gasteiger charge is 2.32. The third-order valence-corrected chi connectivity index (χ3v) is 7.40. The molecule has 4 rings (SSSR count). The molecule has 0 saturated carbocycles. The van der Waals surface area contributed by atoms with Gasteiger partial charge < -0.3 is 19.5 Å². The highest BCUT2D eigenvalue weighted by atomic mass is 32.1. The Labute approximate surface area is 198 Å². The summed E-state index contributed by atoms with van der Waals surface area (Å²) < 4.78 is 16.5. The maximum absolute atomic E-state index is 12.5. The Bertz CT molecular complexity index is 1100. The van der Waals surface area contributed by atoms with Crippen molar-refractivity contribution < 1.29 is 23.8 Å². The lowest BCUT2D eigenvalue weighted by Gasteiger charge is -2.18. The van der Waals surface area contributed by atoms with E-state index in [-0.39, 0.29) is 18.5 Å². The molecule has 0 saturated heterocycles. The van der Waals surface area contributed by atoms with Gasteiger partial charge in [0, 0.05) is 22.4 Å². The minimum atomic E-state index is -0.366. The van der Waals surface area contributed by atoms with Crippen molar-refractivity contribution in [2.75, 3.05) is 19.5 Å². The monoisotopic (exact) mass is 470 g/mol. The molecule has 176 valence electrons. The van der Waals surface area contributed by atoms with Crippen LogP contribution in [0.5, 0.6) is 11.5 Å². The van der Waals surface area contributed by atoms with Gasteiger partial charge in [-0.3, -0.25) is 4.79 Å². The number of esters is 1. The van der Waals surface area contributed by atoms with Crippen LogP contribution in [0.2, 0.25) is 0 Å². The molecule has 1 aromatic heterocycles. The summed E-state index contributed by atoms with van der Waals surface area (Å²) in [7, 11) is 3.17. The first-order valence-corrected chi connectivity index (χ1v) is 12.1. The molecule has 0 bridgehead atoms. The number of hydrogen-bond acceptors (Lipinski definition) is 7. The van der Waals surface area contributed by atoms with E-state index in [9.17, 15) is 9.59 Å². The summed E-state index contributed by atoms with van der Waals surface area (Å²) in [5.74, 6) is 0.818. The standard InChI is InChI=1S/C25H30N2O5S/c1-14(10-12-20(28)27-25-26-18-7-5-6-8-19(18)33-25)9-11-16-22(30-3)15(2)17-13-32-24(29)21(17)23(16)31-4/h9H,5-8,10-13H2,1-4H3,(H,26,27,28). The first kappa shape index (κ1) is 23.3. The van der Waals surface area contributed by atoms with Crippen molar-refractivity contribution >= 4 is 28.3 Å². The molecule has 1 aliphatic heterocycles. The molecule has 7 nitrogen and oxygen atoms in total. The number of carbonyl (C=O) groups is 2. The molecule has 0 radical (unpaired) electrons. The highest BCUT2D eigenvalue weighted by Crippen LogP contribution is 2.42. The maximum atomic E-state index is 12.5. The van der Waals surface area contributed by atoms with Gasteiger partial charge in [-0.15, -0.1) is 11.3 Å². The summed E-state index contributed by atoms with van der Waals surface area (Å²) in [5.41, 5.74) is 5.24. The van der Waals surface area contributed by atoms with E-state index in [1.165, 1.54) is 17.7 Å². The molecule has 0 fully saturated rings. The summed E-state index contributed by atoms with van der Waals surface area (Å²) in [6.45, 7) is 4.17. The SMILES string of the molecule is COc1c(C)c2c(c(OC)c1CC=C(C)CCC(=O)Nc1nc3c(s1)CCCC3)C(=O)OC2. The van der Waals surface area contributed by atoms with Crippen molar-refractivity contribution in [1.82, 2.24) is 4.98 Å². The number of aromatic nitrogens is 1. The Hall–Kier alpha value is -2.87. The molecular weight excluding hydrogens is 440 g/mol. The number of nitrogens with one attached hydrogen (secondary N) is 1. The third-order valence-electron chi connectivity index (χ3n) is 6.32. The lowest BCUT2D eigenvalue weighted by atomic mass is 9.94. The average molecular weight is 471 g/mol. The van der Waals surface area contributed by atoms with Crippen LogP contribution in [0.15, 0.2) is 11.6 Å². The second-order valence-corrected chi connectivity index (χ2v) is 9.58. The van der Waals surface area contributed by atoms with Crippen molar-refractivity contribution in [3.8, 4) is 11.5 Å². The number of amides is 1. The van der Waals surface area contributed by atoms with Gasteiger partial charge in [0.25, 0.3) is 0 Å². The van der Waals surface area contributed by atoms with Crippen LogP contribution in [0.3, 0.4) is 0 Å². The molecule has 2 aliphatic rings. The van der Waals surface area contributed by atoms with E-state index in [0.717, 1.165) is 40.8 Å². The molecular formula is C25H30N2O5S. The Balaban J connectivity index is 1.42. The van der Waals surface area contributed by atoms with Gasteiger partial charge >= 0.3 is 5.97 Å². The first-order chi connectivity index (χ1) is 15.9. The largest absolute Gasteiger partial charge is 0.496 e. The zero-order valence-electron chi connectivity index (χ0n) is 19.6. The Morgan fingerprint density at radius 2 is 1.94 bits per heavy atom. The molecule has 2 heterocycles. The zero-order chi connectivity index (χ0) is 23.5. The summed E-state index contributed by atoms with van der Waals surface area (Å²) in [4.78, 5) is 30.6. The number of allylic oxidation sites excluding steroid dienone is 2. The van der Waals surface area contributed by atoms with Crippen LogP contribution in [0, 0.1) is 6.92 Å². The van der Waals surface area contributed by atoms with E-state index in [4.69, 9.17) is 14.2 Å². The number of fused-ring (bicyclic) bond motifs is 2. The molecule has 8 heteroatoms. The number of rotatable bonds is 8. The number of carbonyl (C=O) groups excluding carboxylic acids is 2. The number of nitrogens with zero attached hydrogens (tertiary/aromatic N) is 1. The van der Waals surface area contributed by atoms with Crippen LogP contribution >= 0.6 is 11.3 Å². The predicted molar refractivity (Wildman–Crippen MR) is 127 cm³/mol. The lowest BCUT2D eigenvalue weighted by Crippen LogP contribution is -2.11. The second kappa shape index (κ2) is 9.95. The number of anilines is 1. The Kier molecular flexibility index (Phi) is 7.02. The van der Waals surface area contributed by atoms with Crippen LogP contribution in [0.25, 0.3) is 0 Å². The summed E-state index contributed by atoms with van der Waals surface area (Å²) in [6, 6.07) is 0. The van der Waals surface area contributed by atoms with E-state index in [1.54, 1.807) is 25.6 Å². The molecule has 2 aromatic rings. The fourth-order valence-corrected chi connectivity index (χ4v) is 5.58. The van der Waals surface area contributed by atoms with Gasteiger partial charge in [-0.1, -0.05) is 11.6 Å². The molecule has 1 N–H and O–H groups in total. The van der Waals surface area contributed by atoms with E-state index < -0.39 is 0 Å². The van der Waals surface area contributed by atoms with Gasteiger partial charge in [0.2, 0.25) is 5.91 Å². The van der Waals surface area contributed by atoms with E-state index in [1.807, 2.05) is 13.8 Å². The normalized spacial score (nSPS) is 15.0. The van der Waals surface area contributed by atoms with Crippen LogP contribution in [-0.4, -0.2) is 31.1 Å². The second-order valence-electron chi connectivity index (χ2n) is 8.50. The lowest BCUT2D eigenvalue weighted by molar-refractivity contribution is -0.116. The van der Waals surface area contributed by atoms with E-state index in [0.29, 0.717) is 41.5 Å². The quantitative estimate of drug-likeness (QED) is 0.435. The molecule has 1 aromatic carbocycles. The van der Waals surface area contributed by atoms with Crippen molar-refractivity contribution in [2.45, 2.75) is 65.4 Å². The zero-order valence-corrected chi connectivity index (χ0v) is 20.4. The third kappa shape index (κ3) is 4.76. The summed E-state index contributed by atoms with van der Waals surface area (Å²) in [5, 5.41) is 3.67. The fourth-order valence-electron chi connectivity index (χ4n) is 4.51. The molecule has 33 heavy (non-hydrogen) atoms. The number of ether oxygens (including phenoxy) is 3. The molecule has 0 unspecified atom stereocenters. The van der Waals surface area contributed by atoms with Gasteiger partial charge in [-0.2, -0.15) is 0 Å². The molecule has 1 aliphatic carbocycles. The van der Waals surface area contributed by atoms with Gasteiger partial charge in [0.1, 0.15) is 23.7 Å². The smallest absolute Gasteiger partial charge is 0.342 e. The number of cyclic esters (lactones) is 1. The highest BCUT2D eigenvalue weighted by molar-refractivity contribution is 7.15. The fraction of sp³-hybridized carbons (Fsp3) is 0.480. The molecule has 1 amide bonds. The predicted octanol–water partition coefficient (Wildman–Crippen LogP) is 4.93. The van der Waals surface area contributed by atoms with Gasteiger partial charge in [0.15, 0.2) is 5.13 Å². The van der Waals surface area contributed by atoms with Crippen molar-refractivity contribution in [2.24, 2.45) is 0 Å². The van der Waals surface area contributed by atoms with Gasteiger partial charge in [0.05, 0.1) is 19.9 Å². The van der Waals surface area contributed by atoms with Crippen molar-refractivity contribution in [3.05, 3.63) is 44.5 Å². The number of aryl methyl sites for hydroxylation is 2. The van der Waals surface area contributed by atoms with Crippen LogP contribution in [-0.2, 0) is 35.4 Å². The Morgan fingerprint density at radius 1 is 1.18 bits per heavy atom. The van der Waals surface area contributed by atoms with Crippen molar-refractivity contribution in [3.63, 3.8) is 0 Å². The summed E-state index contributed by atoms with van der Waals surface area (Å²) >= 11 is 1.60. The topological polar surface area (TPSA) is 86.8 Å².